The highest BCUT2D eigenvalue weighted by atomic mass is 19.4. The van der Waals surface area contributed by atoms with Gasteiger partial charge in [-0.25, -0.2) is 9.78 Å². The molecule has 0 spiro atoms. The predicted octanol–water partition coefficient (Wildman–Crippen LogP) is 2.60. The van der Waals surface area contributed by atoms with Crippen molar-refractivity contribution in [2.24, 2.45) is 0 Å². The molecule has 0 amide bonds. The summed E-state index contributed by atoms with van der Waals surface area (Å²) in [6, 6.07) is 1.37. The molecule has 0 aliphatic heterocycles. The normalized spacial score (nSPS) is 14.9. The number of carboxylic acids is 1. The Kier molecular flexibility index (Phi) is 3.64. The van der Waals surface area contributed by atoms with E-state index in [4.69, 9.17) is 5.11 Å². The number of hydrogen-bond acceptors (Lipinski definition) is 3. The van der Waals surface area contributed by atoms with Crippen molar-refractivity contribution in [2.75, 3.05) is 6.61 Å². The van der Waals surface area contributed by atoms with E-state index in [2.05, 4.69) is 9.72 Å². The number of ether oxygens (including phenoxy) is 1. The number of alkyl halides is 3. The van der Waals surface area contributed by atoms with Crippen LogP contribution in [0.2, 0.25) is 0 Å². The Balaban J connectivity index is 2.32. The van der Waals surface area contributed by atoms with Gasteiger partial charge in [0.15, 0.2) is 6.61 Å². The Labute approximate surface area is 107 Å². The van der Waals surface area contributed by atoms with Crippen molar-refractivity contribution >= 4 is 5.97 Å². The molecule has 0 atom stereocenters. The Hall–Kier alpha value is -1.79. The van der Waals surface area contributed by atoms with Crippen LogP contribution in [-0.4, -0.2) is 28.8 Å². The van der Waals surface area contributed by atoms with Crippen LogP contribution in [0.15, 0.2) is 6.07 Å². The van der Waals surface area contributed by atoms with Gasteiger partial charge in [-0.15, -0.1) is 0 Å². The fourth-order valence-electron chi connectivity index (χ4n) is 2.03. The van der Waals surface area contributed by atoms with E-state index in [-0.39, 0.29) is 5.56 Å². The van der Waals surface area contributed by atoms with Crippen LogP contribution in [0.3, 0.4) is 0 Å². The smallest absolute Gasteiger partial charge is 0.422 e. The lowest BCUT2D eigenvalue weighted by molar-refractivity contribution is -0.154. The lowest BCUT2D eigenvalue weighted by Gasteiger charge is -2.18. The molecule has 7 heteroatoms. The minimum absolute atomic E-state index is 0.315. The highest BCUT2D eigenvalue weighted by Gasteiger charge is 2.30. The molecule has 1 aliphatic rings. The molecule has 1 aromatic heterocycles. The zero-order chi connectivity index (χ0) is 14.0. The summed E-state index contributed by atoms with van der Waals surface area (Å²) in [6.45, 7) is -1.54. The molecule has 1 N–H and O–H groups in total. The first kappa shape index (κ1) is 13.6. The van der Waals surface area contributed by atoms with E-state index in [1.54, 1.807) is 0 Å². The van der Waals surface area contributed by atoms with Gasteiger partial charge in [-0.05, 0) is 37.3 Å². The van der Waals surface area contributed by atoms with E-state index in [1.807, 2.05) is 0 Å². The average molecular weight is 275 g/mol. The van der Waals surface area contributed by atoms with Crippen LogP contribution < -0.4 is 4.74 Å². The summed E-state index contributed by atoms with van der Waals surface area (Å²) in [5.74, 6) is -1.79. The van der Waals surface area contributed by atoms with Gasteiger partial charge in [0.05, 0.1) is 0 Å². The zero-order valence-corrected chi connectivity index (χ0v) is 9.96. The molecule has 0 unspecified atom stereocenters. The zero-order valence-electron chi connectivity index (χ0n) is 9.96. The van der Waals surface area contributed by atoms with Crippen LogP contribution in [-0.2, 0) is 12.8 Å². The molecule has 19 heavy (non-hydrogen) atoms. The van der Waals surface area contributed by atoms with Crippen molar-refractivity contribution in [3.63, 3.8) is 0 Å². The van der Waals surface area contributed by atoms with Crippen molar-refractivity contribution in [1.82, 2.24) is 4.98 Å². The van der Waals surface area contributed by atoms with E-state index in [0.29, 0.717) is 18.5 Å². The minimum Gasteiger partial charge on any atom is -0.477 e. The van der Waals surface area contributed by atoms with Crippen LogP contribution >= 0.6 is 0 Å². The lowest BCUT2D eigenvalue weighted by atomic mass is 9.95. The molecule has 1 aliphatic carbocycles. The molecular formula is C12H12F3NO3. The summed E-state index contributed by atoms with van der Waals surface area (Å²) in [5.41, 5.74) is 1.10. The molecule has 0 saturated heterocycles. The van der Waals surface area contributed by atoms with Crippen molar-refractivity contribution < 1.29 is 27.8 Å². The number of carbonyl (C=O) groups is 1. The van der Waals surface area contributed by atoms with Crippen molar-refractivity contribution in [3.8, 4) is 5.88 Å². The average Bonchev–Trinajstić information content (AvgIpc) is 2.34. The molecule has 1 heterocycles. The third-order valence-electron chi connectivity index (χ3n) is 2.87. The molecular weight excluding hydrogens is 263 g/mol. The van der Waals surface area contributed by atoms with E-state index in [9.17, 15) is 18.0 Å². The first-order valence-corrected chi connectivity index (χ1v) is 5.82. The Bertz CT molecular complexity index is 500. The molecule has 0 fully saturated rings. The Morgan fingerprint density at radius 3 is 2.68 bits per heavy atom. The third kappa shape index (κ3) is 3.36. The second-order valence-corrected chi connectivity index (χ2v) is 4.36. The summed E-state index contributed by atoms with van der Waals surface area (Å²) in [6.07, 6.45) is -1.37. The van der Waals surface area contributed by atoms with E-state index < -0.39 is 24.6 Å². The number of fused-ring (bicyclic) bond motifs is 1. The van der Waals surface area contributed by atoms with Gasteiger partial charge >= 0.3 is 12.1 Å². The summed E-state index contributed by atoms with van der Waals surface area (Å²) >= 11 is 0. The quantitative estimate of drug-likeness (QED) is 0.921. The number of nitrogens with zero attached hydrogens (tertiary/aromatic N) is 1. The second-order valence-electron chi connectivity index (χ2n) is 4.36. The van der Waals surface area contributed by atoms with Crippen molar-refractivity contribution in [3.05, 3.63) is 22.9 Å². The van der Waals surface area contributed by atoms with Gasteiger partial charge in [0.25, 0.3) is 0 Å². The molecule has 0 radical (unpaired) electrons. The number of aromatic carboxylic acids is 1. The number of hydrogen-bond donors (Lipinski definition) is 1. The molecule has 4 nitrogen and oxygen atoms in total. The number of aryl methyl sites for hydroxylation is 2. The van der Waals surface area contributed by atoms with E-state index in [0.717, 1.165) is 18.4 Å². The molecule has 104 valence electrons. The van der Waals surface area contributed by atoms with Gasteiger partial charge in [-0.2, -0.15) is 13.2 Å². The molecule has 2 rings (SSSR count). The van der Waals surface area contributed by atoms with Gasteiger partial charge in [0.2, 0.25) is 5.88 Å². The van der Waals surface area contributed by atoms with Crippen LogP contribution in [0.1, 0.15) is 34.5 Å². The number of carboxylic acid groups (broad SMARTS) is 1. The van der Waals surface area contributed by atoms with Gasteiger partial charge in [0, 0.05) is 5.69 Å². The summed E-state index contributed by atoms with van der Waals surface area (Å²) in [7, 11) is 0. The summed E-state index contributed by atoms with van der Waals surface area (Å²) < 4.78 is 40.9. The number of rotatable bonds is 3. The Morgan fingerprint density at radius 1 is 1.37 bits per heavy atom. The highest BCUT2D eigenvalue weighted by molar-refractivity contribution is 5.90. The van der Waals surface area contributed by atoms with E-state index in [1.165, 1.54) is 6.07 Å². The maximum Gasteiger partial charge on any atom is 0.422 e. The topological polar surface area (TPSA) is 59.4 Å². The van der Waals surface area contributed by atoms with Gasteiger partial charge < -0.3 is 9.84 Å². The molecule has 0 bridgehead atoms. The fraction of sp³-hybridized carbons (Fsp3) is 0.500. The molecule has 0 aromatic carbocycles. The van der Waals surface area contributed by atoms with Crippen LogP contribution in [0, 0.1) is 0 Å². The first-order chi connectivity index (χ1) is 8.87. The van der Waals surface area contributed by atoms with Gasteiger partial charge in [-0.1, -0.05) is 0 Å². The number of aromatic nitrogens is 1. The fourth-order valence-corrected chi connectivity index (χ4v) is 2.03. The maximum atomic E-state index is 12.1. The molecule has 1 aromatic rings. The second kappa shape index (κ2) is 5.07. The Morgan fingerprint density at radius 2 is 2.05 bits per heavy atom. The van der Waals surface area contributed by atoms with Gasteiger partial charge in [-0.3, -0.25) is 0 Å². The summed E-state index contributed by atoms with van der Waals surface area (Å²) in [5, 5.41) is 9.00. The number of halogens is 3. The monoisotopic (exact) mass is 275 g/mol. The van der Waals surface area contributed by atoms with Crippen molar-refractivity contribution in [1.29, 1.82) is 0 Å². The highest BCUT2D eigenvalue weighted by Crippen LogP contribution is 2.27. The predicted molar refractivity (Wildman–Crippen MR) is 59.4 cm³/mol. The minimum atomic E-state index is -4.52. The van der Waals surface area contributed by atoms with Crippen molar-refractivity contribution in [2.45, 2.75) is 31.9 Å². The number of pyridine rings is 1. The first-order valence-electron chi connectivity index (χ1n) is 5.82. The summed E-state index contributed by atoms with van der Waals surface area (Å²) in [4.78, 5) is 15.0. The lowest BCUT2D eigenvalue weighted by Crippen LogP contribution is -2.21. The molecule has 0 saturated carbocycles. The van der Waals surface area contributed by atoms with Crippen LogP contribution in [0.5, 0.6) is 5.88 Å². The SMILES string of the molecule is O=C(O)c1cc2c(nc1OCC(F)(F)F)CCCC2. The van der Waals surface area contributed by atoms with E-state index >= 15 is 0 Å². The van der Waals surface area contributed by atoms with Gasteiger partial charge in [0.1, 0.15) is 5.56 Å². The van der Waals surface area contributed by atoms with Crippen LogP contribution in [0.4, 0.5) is 13.2 Å². The third-order valence-corrected chi connectivity index (χ3v) is 2.87. The standard InChI is InChI=1S/C12H12F3NO3/c13-12(14,15)6-19-10-8(11(17)18)5-7-3-1-2-4-9(7)16-10/h5H,1-4,6H2,(H,17,18). The van der Waals surface area contributed by atoms with Crippen LogP contribution in [0.25, 0.3) is 0 Å². The largest absolute Gasteiger partial charge is 0.477 e. The maximum absolute atomic E-state index is 12.1.